The molecule has 2 rings (SSSR count). The van der Waals surface area contributed by atoms with E-state index in [-0.39, 0.29) is 6.10 Å². The minimum atomic E-state index is -0.886. The molecule has 1 saturated heterocycles. The first kappa shape index (κ1) is 13.1. The van der Waals surface area contributed by atoms with E-state index in [1.807, 2.05) is 6.07 Å². The van der Waals surface area contributed by atoms with Gasteiger partial charge in [0.2, 0.25) is 0 Å². The molecule has 1 aromatic rings. The lowest BCUT2D eigenvalue weighted by Crippen LogP contribution is -2.24. The summed E-state index contributed by atoms with van der Waals surface area (Å²) in [5.74, 6) is -0.886. The highest BCUT2D eigenvalue weighted by atomic mass is 16.4. The fourth-order valence-corrected chi connectivity index (χ4v) is 2.36. The highest BCUT2D eigenvalue weighted by Gasteiger charge is 2.15. The number of aliphatic hydroxyl groups excluding tert-OH is 1. The van der Waals surface area contributed by atoms with Crippen LogP contribution in [-0.4, -0.2) is 40.3 Å². The Morgan fingerprint density at radius 3 is 2.94 bits per heavy atom. The van der Waals surface area contributed by atoms with Crippen LogP contribution in [0.25, 0.3) is 0 Å². The molecule has 1 aliphatic heterocycles. The molecule has 0 saturated carbocycles. The van der Waals surface area contributed by atoms with Crippen molar-refractivity contribution in [1.82, 2.24) is 4.90 Å². The molecule has 1 atom stereocenters. The average molecular weight is 249 g/mol. The second kappa shape index (κ2) is 5.98. The number of likely N-dealkylation sites (tertiary alicyclic amines) is 1. The molecule has 2 N–H and O–H groups in total. The van der Waals surface area contributed by atoms with Gasteiger partial charge in [0.25, 0.3) is 0 Å². The molecule has 1 unspecified atom stereocenters. The van der Waals surface area contributed by atoms with Gasteiger partial charge in [-0.05, 0) is 43.5 Å². The Labute approximate surface area is 107 Å². The molecule has 4 nitrogen and oxygen atoms in total. The summed E-state index contributed by atoms with van der Waals surface area (Å²) in [5, 5.41) is 18.5. The molecule has 1 aliphatic rings. The highest BCUT2D eigenvalue weighted by Crippen LogP contribution is 2.14. The standard InChI is InChI=1S/C14H19NO3/c16-13-5-2-7-15(8-6-13)10-11-3-1-4-12(9-11)14(17)18/h1,3-4,9,13,16H,2,5-8,10H2,(H,17,18). The Hall–Kier alpha value is -1.39. The van der Waals surface area contributed by atoms with E-state index in [2.05, 4.69) is 4.90 Å². The van der Waals surface area contributed by atoms with Crippen LogP contribution in [0.1, 0.15) is 35.2 Å². The van der Waals surface area contributed by atoms with E-state index in [1.165, 1.54) is 0 Å². The van der Waals surface area contributed by atoms with Gasteiger partial charge < -0.3 is 10.2 Å². The van der Waals surface area contributed by atoms with E-state index >= 15 is 0 Å². The van der Waals surface area contributed by atoms with Crippen LogP contribution in [0.4, 0.5) is 0 Å². The lowest BCUT2D eigenvalue weighted by atomic mass is 10.1. The number of rotatable bonds is 3. The zero-order valence-corrected chi connectivity index (χ0v) is 10.4. The topological polar surface area (TPSA) is 60.8 Å². The molecule has 18 heavy (non-hydrogen) atoms. The van der Waals surface area contributed by atoms with Crippen LogP contribution in [0.2, 0.25) is 0 Å². The summed E-state index contributed by atoms with van der Waals surface area (Å²) in [6.45, 7) is 2.60. The fraction of sp³-hybridized carbons (Fsp3) is 0.500. The van der Waals surface area contributed by atoms with Gasteiger partial charge in [-0.1, -0.05) is 12.1 Å². The first-order valence-electron chi connectivity index (χ1n) is 6.38. The minimum absolute atomic E-state index is 0.180. The van der Waals surface area contributed by atoms with Crippen LogP contribution in [0.5, 0.6) is 0 Å². The number of aromatic carboxylic acids is 1. The van der Waals surface area contributed by atoms with Crippen molar-refractivity contribution in [3.05, 3.63) is 35.4 Å². The molecule has 0 radical (unpaired) electrons. The third-order valence-corrected chi connectivity index (χ3v) is 3.37. The van der Waals surface area contributed by atoms with Crippen LogP contribution in [0.15, 0.2) is 24.3 Å². The van der Waals surface area contributed by atoms with E-state index < -0.39 is 5.97 Å². The monoisotopic (exact) mass is 249 g/mol. The van der Waals surface area contributed by atoms with E-state index in [0.717, 1.165) is 44.5 Å². The van der Waals surface area contributed by atoms with Crippen LogP contribution >= 0.6 is 0 Å². The summed E-state index contributed by atoms with van der Waals surface area (Å²) in [4.78, 5) is 13.2. The maximum atomic E-state index is 10.9. The summed E-state index contributed by atoms with van der Waals surface area (Å²) < 4.78 is 0. The summed E-state index contributed by atoms with van der Waals surface area (Å²) in [5.41, 5.74) is 1.36. The third kappa shape index (κ3) is 3.55. The zero-order valence-electron chi connectivity index (χ0n) is 10.4. The third-order valence-electron chi connectivity index (χ3n) is 3.37. The fourth-order valence-electron chi connectivity index (χ4n) is 2.36. The first-order chi connectivity index (χ1) is 8.65. The molecule has 1 heterocycles. The number of nitrogens with zero attached hydrogens (tertiary/aromatic N) is 1. The largest absolute Gasteiger partial charge is 0.478 e. The number of benzene rings is 1. The maximum absolute atomic E-state index is 10.9. The van der Waals surface area contributed by atoms with Crippen LogP contribution in [-0.2, 0) is 6.54 Å². The van der Waals surface area contributed by atoms with E-state index in [9.17, 15) is 9.90 Å². The molecule has 0 aromatic heterocycles. The SMILES string of the molecule is O=C(O)c1cccc(CN2CCCC(O)CC2)c1. The van der Waals surface area contributed by atoms with E-state index in [0.29, 0.717) is 5.56 Å². The number of carbonyl (C=O) groups is 1. The predicted molar refractivity (Wildman–Crippen MR) is 68.5 cm³/mol. The highest BCUT2D eigenvalue weighted by molar-refractivity contribution is 5.87. The minimum Gasteiger partial charge on any atom is -0.478 e. The molecule has 98 valence electrons. The van der Waals surface area contributed by atoms with Gasteiger partial charge in [0, 0.05) is 13.1 Å². The Balaban J connectivity index is 2.00. The Morgan fingerprint density at radius 1 is 1.33 bits per heavy atom. The molecular formula is C14H19NO3. The molecule has 1 fully saturated rings. The van der Waals surface area contributed by atoms with E-state index in [1.54, 1.807) is 18.2 Å². The molecule has 0 spiro atoms. The summed E-state index contributed by atoms with van der Waals surface area (Å²) in [7, 11) is 0. The van der Waals surface area contributed by atoms with Gasteiger partial charge in [-0.25, -0.2) is 4.79 Å². The van der Waals surface area contributed by atoms with Crippen molar-refractivity contribution in [2.45, 2.75) is 31.9 Å². The number of carboxylic acid groups (broad SMARTS) is 1. The molecule has 0 aliphatic carbocycles. The van der Waals surface area contributed by atoms with Crippen molar-refractivity contribution in [2.75, 3.05) is 13.1 Å². The average Bonchev–Trinajstić information content (AvgIpc) is 2.55. The number of hydrogen-bond donors (Lipinski definition) is 2. The van der Waals surface area contributed by atoms with Gasteiger partial charge in [-0.3, -0.25) is 4.90 Å². The van der Waals surface area contributed by atoms with E-state index in [4.69, 9.17) is 5.11 Å². The molecular weight excluding hydrogens is 230 g/mol. The maximum Gasteiger partial charge on any atom is 0.335 e. The lowest BCUT2D eigenvalue weighted by Gasteiger charge is -2.19. The van der Waals surface area contributed by atoms with Crippen LogP contribution in [0.3, 0.4) is 0 Å². The lowest BCUT2D eigenvalue weighted by molar-refractivity contribution is 0.0696. The molecule has 0 bridgehead atoms. The summed E-state index contributed by atoms with van der Waals surface area (Å²) >= 11 is 0. The van der Waals surface area contributed by atoms with Crippen molar-refractivity contribution in [3.8, 4) is 0 Å². The van der Waals surface area contributed by atoms with Crippen LogP contribution < -0.4 is 0 Å². The van der Waals surface area contributed by atoms with Crippen molar-refractivity contribution >= 4 is 5.97 Å². The Kier molecular flexibility index (Phi) is 4.33. The van der Waals surface area contributed by atoms with Crippen molar-refractivity contribution in [3.63, 3.8) is 0 Å². The number of carboxylic acids is 1. The predicted octanol–water partition coefficient (Wildman–Crippen LogP) is 1.73. The Morgan fingerprint density at radius 2 is 2.17 bits per heavy atom. The summed E-state index contributed by atoms with van der Waals surface area (Å²) in [6, 6.07) is 7.07. The molecule has 1 aromatic carbocycles. The second-order valence-corrected chi connectivity index (χ2v) is 4.87. The first-order valence-corrected chi connectivity index (χ1v) is 6.38. The van der Waals surface area contributed by atoms with Gasteiger partial charge >= 0.3 is 5.97 Å². The smallest absolute Gasteiger partial charge is 0.335 e. The zero-order chi connectivity index (χ0) is 13.0. The van der Waals surface area contributed by atoms with Gasteiger partial charge in [-0.2, -0.15) is 0 Å². The van der Waals surface area contributed by atoms with Crippen molar-refractivity contribution in [1.29, 1.82) is 0 Å². The number of aliphatic hydroxyl groups is 1. The van der Waals surface area contributed by atoms with Gasteiger partial charge in [0.05, 0.1) is 11.7 Å². The quantitative estimate of drug-likeness (QED) is 0.856. The van der Waals surface area contributed by atoms with Crippen molar-refractivity contribution in [2.24, 2.45) is 0 Å². The van der Waals surface area contributed by atoms with Crippen LogP contribution in [0, 0.1) is 0 Å². The molecule has 0 amide bonds. The van der Waals surface area contributed by atoms with Gasteiger partial charge in [-0.15, -0.1) is 0 Å². The van der Waals surface area contributed by atoms with Gasteiger partial charge in [0.1, 0.15) is 0 Å². The van der Waals surface area contributed by atoms with Gasteiger partial charge in [0.15, 0.2) is 0 Å². The second-order valence-electron chi connectivity index (χ2n) is 4.87. The summed E-state index contributed by atoms with van der Waals surface area (Å²) in [6.07, 6.45) is 2.49. The Bertz CT molecular complexity index is 419. The van der Waals surface area contributed by atoms with Crippen molar-refractivity contribution < 1.29 is 15.0 Å². The normalized spacial score (nSPS) is 21.5. The number of hydrogen-bond acceptors (Lipinski definition) is 3. The molecule has 4 heteroatoms.